The van der Waals surface area contributed by atoms with Crippen LogP contribution in [0.2, 0.25) is 0 Å². The number of esters is 1. The van der Waals surface area contributed by atoms with Crippen LogP contribution in [-0.4, -0.2) is 55.1 Å². The molecule has 1 rings (SSSR count). The molecule has 0 aromatic rings. The third-order valence-corrected chi connectivity index (χ3v) is 3.03. The fraction of sp³-hybridized carbons (Fsp3) is 0.818. The molecule has 0 aliphatic carbocycles. The molecule has 5 heteroatoms. The Morgan fingerprint density at radius 1 is 1.38 bits per heavy atom. The lowest BCUT2D eigenvalue weighted by molar-refractivity contribution is -0.144. The predicted molar refractivity (Wildman–Crippen MR) is 60.0 cm³/mol. The molecule has 1 saturated heterocycles. The first kappa shape index (κ1) is 12.8. The lowest BCUT2D eigenvalue weighted by atomic mass is 10.1. The van der Waals surface area contributed by atoms with Crippen molar-refractivity contribution in [1.82, 2.24) is 9.80 Å². The second-order valence-electron chi connectivity index (χ2n) is 3.91. The van der Waals surface area contributed by atoms with Crippen molar-refractivity contribution < 1.29 is 14.3 Å². The molecule has 5 nitrogen and oxygen atoms in total. The molecule has 1 aliphatic rings. The van der Waals surface area contributed by atoms with E-state index >= 15 is 0 Å². The maximum absolute atomic E-state index is 12.0. The van der Waals surface area contributed by atoms with Crippen LogP contribution >= 0.6 is 0 Å². The maximum Gasteiger partial charge on any atom is 0.320 e. The summed E-state index contributed by atoms with van der Waals surface area (Å²) < 4.78 is 4.68. The lowest BCUT2D eigenvalue weighted by Gasteiger charge is -2.25. The van der Waals surface area contributed by atoms with E-state index in [2.05, 4.69) is 4.74 Å². The van der Waals surface area contributed by atoms with E-state index in [0.29, 0.717) is 32.6 Å². The second-order valence-corrected chi connectivity index (χ2v) is 3.91. The fourth-order valence-corrected chi connectivity index (χ4v) is 1.99. The number of likely N-dealkylation sites (tertiary alicyclic amines) is 1. The van der Waals surface area contributed by atoms with Crippen LogP contribution in [0.5, 0.6) is 0 Å². The first-order valence-corrected chi connectivity index (χ1v) is 5.75. The minimum Gasteiger partial charge on any atom is -0.469 e. The van der Waals surface area contributed by atoms with Gasteiger partial charge in [-0.15, -0.1) is 0 Å². The summed E-state index contributed by atoms with van der Waals surface area (Å²) in [5.74, 6) is -0.362. The first-order chi connectivity index (χ1) is 7.63. The van der Waals surface area contributed by atoms with Crippen LogP contribution in [0.3, 0.4) is 0 Å². The van der Waals surface area contributed by atoms with Gasteiger partial charge in [0.1, 0.15) is 0 Å². The number of amides is 2. The van der Waals surface area contributed by atoms with Gasteiger partial charge in [-0.3, -0.25) is 4.79 Å². The number of hydrogen-bond donors (Lipinski definition) is 0. The molecule has 0 radical (unpaired) electrons. The number of ether oxygens (including phenoxy) is 1. The SMILES string of the molecule is CCN(CC)C(=O)N1CCC(C(=O)OC)C1. The van der Waals surface area contributed by atoms with Gasteiger partial charge in [-0.1, -0.05) is 0 Å². The van der Waals surface area contributed by atoms with Gasteiger partial charge < -0.3 is 14.5 Å². The highest BCUT2D eigenvalue weighted by Gasteiger charge is 2.32. The van der Waals surface area contributed by atoms with Crippen molar-refractivity contribution in [3.8, 4) is 0 Å². The molecule has 16 heavy (non-hydrogen) atoms. The van der Waals surface area contributed by atoms with Gasteiger partial charge in [0.05, 0.1) is 13.0 Å². The van der Waals surface area contributed by atoms with E-state index in [1.54, 1.807) is 9.80 Å². The number of methoxy groups -OCH3 is 1. The van der Waals surface area contributed by atoms with Crippen LogP contribution in [-0.2, 0) is 9.53 Å². The van der Waals surface area contributed by atoms with Crippen molar-refractivity contribution in [2.45, 2.75) is 20.3 Å². The van der Waals surface area contributed by atoms with Gasteiger partial charge in [0.15, 0.2) is 0 Å². The molecule has 1 unspecified atom stereocenters. The summed E-state index contributed by atoms with van der Waals surface area (Å²) in [6.07, 6.45) is 0.708. The minimum absolute atomic E-state index is 0.0244. The van der Waals surface area contributed by atoms with Gasteiger partial charge in [0.25, 0.3) is 0 Å². The number of nitrogens with zero attached hydrogens (tertiary/aromatic N) is 2. The molecule has 1 aliphatic heterocycles. The van der Waals surface area contributed by atoms with Crippen LogP contribution < -0.4 is 0 Å². The minimum atomic E-state index is -0.213. The molecule has 0 aromatic carbocycles. The van der Waals surface area contributed by atoms with Crippen LogP contribution in [0.4, 0.5) is 4.79 Å². The standard InChI is InChI=1S/C11H20N2O3/c1-4-12(5-2)11(15)13-7-6-9(8-13)10(14)16-3/h9H,4-8H2,1-3H3. The summed E-state index contributed by atoms with van der Waals surface area (Å²) in [5, 5.41) is 0. The summed E-state index contributed by atoms with van der Waals surface area (Å²) >= 11 is 0. The Bertz CT molecular complexity index is 264. The van der Waals surface area contributed by atoms with Gasteiger partial charge in [0, 0.05) is 26.2 Å². The summed E-state index contributed by atoms with van der Waals surface area (Å²) in [6.45, 7) is 6.45. The Kier molecular flexibility index (Phi) is 4.58. The van der Waals surface area contributed by atoms with E-state index in [1.807, 2.05) is 13.8 Å². The van der Waals surface area contributed by atoms with E-state index in [4.69, 9.17) is 0 Å². The Balaban J connectivity index is 2.52. The average molecular weight is 228 g/mol. The third-order valence-electron chi connectivity index (χ3n) is 3.03. The van der Waals surface area contributed by atoms with Crippen LogP contribution in [0.1, 0.15) is 20.3 Å². The second kappa shape index (κ2) is 5.72. The lowest BCUT2D eigenvalue weighted by Crippen LogP contribution is -2.42. The fourth-order valence-electron chi connectivity index (χ4n) is 1.99. The predicted octanol–water partition coefficient (Wildman–Crippen LogP) is 0.943. The first-order valence-electron chi connectivity index (χ1n) is 5.75. The summed E-state index contributed by atoms with van der Waals surface area (Å²) in [6, 6.07) is 0.0244. The zero-order valence-electron chi connectivity index (χ0n) is 10.2. The normalized spacial score (nSPS) is 19.7. The summed E-state index contributed by atoms with van der Waals surface area (Å²) in [7, 11) is 1.39. The Hall–Kier alpha value is -1.26. The number of rotatable bonds is 3. The molecule has 0 aromatic heterocycles. The van der Waals surface area contributed by atoms with Crippen LogP contribution in [0.15, 0.2) is 0 Å². The largest absolute Gasteiger partial charge is 0.469 e. The molecule has 2 amide bonds. The summed E-state index contributed by atoms with van der Waals surface area (Å²) in [4.78, 5) is 26.8. The summed E-state index contributed by atoms with van der Waals surface area (Å²) in [5.41, 5.74) is 0. The van der Waals surface area contributed by atoms with Gasteiger partial charge in [-0.2, -0.15) is 0 Å². The Morgan fingerprint density at radius 2 is 2.00 bits per heavy atom. The molecule has 92 valence electrons. The van der Waals surface area contributed by atoms with E-state index in [1.165, 1.54) is 7.11 Å². The highest BCUT2D eigenvalue weighted by Crippen LogP contribution is 2.18. The van der Waals surface area contributed by atoms with Gasteiger partial charge >= 0.3 is 12.0 Å². The quantitative estimate of drug-likeness (QED) is 0.676. The molecular formula is C11H20N2O3. The van der Waals surface area contributed by atoms with E-state index in [9.17, 15) is 9.59 Å². The maximum atomic E-state index is 12.0. The zero-order valence-corrected chi connectivity index (χ0v) is 10.2. The molecule has 1 fully saturated rings. The molecule has 0 saturated carbocycles. The van der Waals surface area contributed by atoms with E-state index < -0.39 is 0 Å². The van der Waals surface area contributed by atoms with Gasteiger partial charge in [-0.05, 0) is 20.3 Å². The highest BCUT2D eigenvalue weighted by atomic mass is 16.5. The smallest absolute Gasteiger partial charge is 0.320 e. The Labute approximate surface area is 96.3 Å². The van der Waals surface area contributed by atoms with Crippen LogP contribution in [0, 0.1) is 5.92 Å². The average Bonchev–Trinajstić information content (AvgIpc) is 2.78. The van der Waals surface area contributed by atoms with Crippen molar-refractivity contribution in [1.29, 1.82) is 0 Å². The van der Waals surface area contributed by atoms with E-state index in [0.717, 1.165) is 0 Å². The van der Waals surface area contributed by atoms with Crippen molar-refractivity contribution in [2.75, 3.05) is 33.3 Å². The molecule has 0 bridgehead atoms. The molecule has 1 heterocycles. The number of carbonyl (C=O) groups is 2. The number of urea groups is 1. The molecule has 0 N–H and O–H groups in total. The molecule has 1 atom stereocenters. The monoisotopic (exact) mass is 228 g/mol. The Morgan fingerprint density at radius 3 is 2.50 bits per heavy atom. The zero-order chi connectivity index (χ0) is 12.1. The van der Waals surface area contributed by atoms with Crippen LogP contribution in [0.25, 0.3) is 0 Å². The van der Waals surface area contributed by atoms with Gasteiger partial charge in [0.2, 0.25) is 0 Å². The number of carbonyl (C=O) groups excluding carboxylic acids is 2. The molecule has 0 spiro atoms. The van der Waals surface area contributed by atoms with Gasteiger partial charge in [-0.25, -0.2) is 4.79 Å². The van der Waals surface area contributed by atoms with E-state index in [-0.39, 0.29) is 17.9 Å². The van der Waals surface area contributed by atoms with Crippen molar-refractivity contribution in [3.63, 3.8) is 0 Å². The van der Waals surface area contributed by atoms with Crippen molar-refractivity contribution in [2.24, 2.45) is 5.92 Å². The highest BCUT2D eigenvalue weighted by molar-refractivity contribution is 5.78. The van der Waals surface area contributed by atoms with Crippen molar-refractivity contribution in [3.05, 3.63) is 0 Å². The van der Waals surface area contributed by atoms with Crippen molar-refractivity contribution >= 4 is 12.0 Å². The molecular weight excluding hydrogens is 208 g/mol. The number of hydrogen-bond acceptors (Lipinski definition) is 3. The topological polar surface area (TPSA) is 49.9 Å². The third kappa shape index (κ3) is 2.65.